The fourth-order valence-electron chi connectivity index (χ4n) is 3.04. The van der Waals surface area contributed by atoms with Crippen molar-refractivity contribution >= 4 is 22.6 Å². The quantitative estimate of drug-likeness (QED) is 0.414. The average Bonchev–Trinajstić information content (AvgIpc) is 3.22. The van der Waals surface area contributed by atoms with Gasteiger partial charge in [0.25, 0.3) is 5.71 Å². The van der Waals surface area contributed by atoms with Crippen LogP contribution in [-0.4, -0.2) is 15.1 Å². The third-order valence-corrected chi connectivity index (χ3v) is 4.42. The fraction of sp³-hybridized carbons (Fsp3) is 0. The summed E-state index contributed by atoms with van der Waals surface area (Å²) in [4.78, 5) is 8.59. The van der Waals surface area contributed by atoms with Crippen LogP contribution in [0.25, 0.3) is 22.4 Å². The second-order valence-corrected chi connectivity index (χ2v) is 6.36. The number of benzene rings is 3. The molecule has 6 nitrogen and oxygen atoms in total. The lowest BCUT2D eigenvalue weighted by molar-refractivity contribution is 0.451. The van der Waals surface area contributed by atoms with E-state index in [9.17, 15) is 0 Å². The molecular formula is C23H16N4O2. The number of rotatable bonds is 5. The second kappa shape index (κ2) is 7.44. The van der Waals surface area contributed by atoms with Gasteiger partial charge in [-0.1, -0.05) is 53.7 Å². The van der Waals surface area contributed by atoms with E-state index in [1.165, 1.54) is 6.33 Å². The van der Waals surface area contributed by atoms with Crippen LogP contribution in [0.1, 0.15) is 0 Å². The molecular weight excluding hydrogens is 364 g/mol. The third kappa shape index (κ3) is 3.51. The number of ether oxygens (including phenoxy) is 1. The SMILES string of the molecule is c1ccc(Oc2ccc(Nc3ncnc4onc(-c5ccccc5)c34)cc2)cc1. The van der Waals surface area contributed by atoms with Gasteiger partial charge in [0.15, 0.2) is 0 Å². The van der Waals surface area contributed by atoms with E-state index < -0.39 is 0 Å². The number of anilines is 2. The number of nitrogens with zero attached hydrogens (tertiary/aromatic N) is 3. The van der Waals surface area contributed by atoms with Crippen molar-refractivity contribution in [2.75, 3.05) is 5.32 Å². The van der Waals surface area contributed by atoms with E-state index in [-0.39, 0.29) is 0 Å². The van der Waals surface area contributed by atoms with Gasteiger partial charge in [0, 0.05) is 11.3 Å². The summed E-state index contributed by atoms with van der Waals surface area (Å²) in [6.07, 6.45) is 1.46. The van der Waals surface area contributed by atoms with Gasteiger partial charge in [-0.05, 0) is 36.4 Å². The normalized spacial score (nSPS) is 10.8. The van der Waals surface area contributed by atoms with Crippen LogP contribution in [-0.2, 0) is 0 Å². The minimum Gasteiger partial charge on any atom is -0.457 e. The Bertz CT molecular complexity index is 1240. The number of hydrogen-bond acceptors (Lipinski definition) is 6. The second-order valence-electron chi connectivity index (χ2n) is 6.36. The number of aromatic nitrogens is 3. The number of para-hydroxylation sites is 1. The zero-order valence-electron chi connectivity index (χ0n) is 15.3. The third-order valence-electron chi connectivity index (χ3n) is 4.42. The minimum absolute atomic E-state index is 0.436. The number of fused-ring (bicyclic) bond motifs is 1. The molecule has 2 aromatic heterocycles. The maximum atomic E-state index is 5.84. The molecule has 0 aliphatic carbocycles. The summed E-state index contributed by atoms with van der Waals surface area (Å²) >= 11 is 0. The Morgan fingerprint density at radius 2 is 1.41 bits per heavy atom. The molecule has 1 N–H and O–H groups in total. The zero-order valence-corrected chi connectivity index (χ0v) is 15.3. The number of hydrogen-bond donors (Lipinski definition) is 1. The van der Waals surface area contributed by atoms with E-state index in [1.807, 2.05) is 84.9 Å². The molecule has 0 radical (unpaired) electrons. The molecule has 5 aromatic rings. The van der Waals surface area contributed by atoms with Crippen LogP contribution in [0, 0.1) is 0 Å². The summed E-state index contributed by atoms with van der Waals surface area (Å²) in [5.74, 6) is 2.18. The summed E-state index contributed by atoms with van der Waals surface area (Å²) in [6, 6.07) is 27.2. The first-order valence-electron chi connectivity index (χ1n) is 9.12. The Hall–Kier alpha value is -4.19. The first kappa shape index (κ1) is 16.9. The zero-order chi connectivity index (χ0) is 19.5. The van der Waals surface area contributed by atoms with Crippen molar-refractivity contribution in [2.24, 2.45) is 0 Å². The van der Waals surface area contributed by atoms with Gasteiger partial charge in [-0.3, -0.25) is 0 Å². The largest absolute Gasteiger partial charge is 0.457 e. The van der Waals surface area contributed by atoms with Gasteiger partial charge in [0.1, 0.15) is 34.7 Å². The summed E-state index contributed by atoms with van der Waals surface area (Å²) < 4.78 is 11.2. The molecule has 0 saturated heterocycles. The monoisotopic (exact) mass is 380 g/mol. The van der Waals surface area contributed by atoms with Crippen LogP contribution in [0.2, 0.25) is 0 Å². The lowest BCUT2D eigenvalue weighted by Crippen LogP contribution is -1.96. The van der Waals surface area contributed by atoms with Crippen molar-refractivity contribution in [2.45, 2.75) is 0 Å². The Balaban J connectivity index is 1.44. The molecule has 0 amide bonds. The van der Waals surface area contributed by atoms with Gasteiger partial charge in [0.05, 0.1) is 0 Å². The van der Waals surface area contributed by atoms with E-state index in [1.54, 1.807) is 0 Å². The van der Waals surface area contributed by atoms with Crippen LogP contribution >= 0.6 is 0 Å². The Labute approximate surface area is 166 Å². The highest BCUT2D eigenvalue weighted by Gasteiger charge is 2.16. The van der Waals surface area contributed by atoms with Crippen molar-refractivity contribution in [1.29, 1.82) is 0 Å². The highest BCUT2D eigenvalue weighted by atomic mass is 16.5. The van der Waals surface area contributed by atoms with Crippen LogP contribution in [0.15, 0.2) is 95.8 Å². The Kier molecular flexibility index (Phi) is 4.35. The van der Waals surface area contributed by atoms with Crippen LogP contribution in [0.5, 0.6) is 11.5 Å². The van der Waals surface area contributed by atoms with Crippen LogP contribution in [0.3, 0.4) is 0 Å². The molecule has 0 bridgehead atoms. The Morgan fingerprint density at radius 1 is 0.724 bits per heavy atom. The number of nitrogens with one attached hydrogen (secondary N) is 1. The standard InChI is InChI=1S/C23H16N4O2/c1-3-7-16(8-4-1)21-20-22(24-15-25-23(20)29-27-21)26-17-11-13-19(14-12-17)28-18-9-5-2-6-10-18/h1-15H,(H,24,25,26). The first-order valence-corrected chi connectivity index (χ1v) is 9.12. The van der Waals surface area contributed by atoms with Crippen molar-refractivity contribution in [1.82, 2.24) is 15.1 Å². The van der Waals surface area contributed by atoms with Gasteiger partial charge >= 0.3 is 0 Å². The van der Waals surface area contributed by atoms with E-state index in [4.69, 9.17) is 9.26 Å². The highest BCUT2D eigenvalue weighted by molar-refractivity contribution is 5.98. The van der Waals surface area contributed by atoms with E-state index >= 15 is 0 Å². The summed E-state index contributed by atoms with van der Waals surface area (Å²) in [6.45, 7) is 0. The predicted molar refractivity (Wildman–Crippen MR) is 111 cm³/mol. The molecule has 5 rings (SSSR count). The Morgan fingerprint density at radius 3 is 2.17 bits per heavy atom. The van der Waals surface area contributed by atoms with Gasteiger partial charge < -0.3 is 14.6 Å². The molecule has 0 saturated carbocycles. The minimum atomic E-state index is 0.436. The molecule has 140 valence electrons. The highest BCUT2D eigenvalue weighted by Crippen LogP contribution is 2.33. The van der Waals surface area contributed by atoms with Gasteiger partial charge in [-0.25, -0.2) is 4.98 Å². The summed E-state index contributed by atoms with van der Waals surface area (Å²) in [7, 11) is 0. The molecule has 0 unspecified atom stereocenters. The van der Waals surface area contributed by atoms with Crippen molar-refractivity contribution in [3.63, 3.8) is 0 Å². The topological polar surface area (TPSA) is 73.1 Å². The summed E-state index contributed by atoms with van der Waals surface area (Å²) in [5.41, 5.74) is 2.94. The average molecular weight is 380 g/mol. The summed E-state index contributed by atoms with van der Waals surface area (Å²) in [5, 5.41) is 8.26. The van der Waals surface area contributed by atoms with Crippen molar-refractivity contribution in [3.8, 4) is 22.8 Å². The fourth-order valence-corrected chi connectivity index (χ4v) is 3.04. The molecule has 0 fully saturated rings. The van der Waals surface area contributed by atoms with Crippen LogP contribution < -0.4 is 10.1 Å². The molecule has 0 aliphatic rings. The smallest absolute Gasteiger partial charge is 0.263 e. The van der Waals surface area contributed by atoms with Gasteiger partial charge in [0.2, 0.25) is 0 Å². The maximum Gasteiger partial charge on any atom is 0.263 e. The molecule has 0 aliphatic heterocycles. The molecule has 29 heavy (non-hydrogen) atoms. The van der Waals surface area contributed by atoms with Crippen molar-refractivity contribution in [3.05, 3.63) is 91.3 Å². The van der Waals surface area contributed by atoms with Crippen LogP contribution in [0.4, 0.5) is 11.5 Å². The van der Waals surface area contributed by atoms with Gasteiger partial charge in [-0.2, -0.15) is 4.98 Å². The molecule has 3 aromatic carbocycles. The molecule has 2 heterocycles. The van der Waals surface area contributed by atoms with E-state index in [0.717, 1.165) is 28.1 Å². The maximum absolute atomic E-state index is 5.84. The van der Waals surface area contributed by atoms with E-state index in [0.29, 0.717) is 17.2 Å². The van der Waals surface area contributed by atoms with Gasteiger partial charge in [-0.15, -0.1) is 0 Å². The first-order chi connectivity index (χ1) is 14.4. The molecule has 0 spiro atoms. The molecule has 0 atom stereocenters. The van der Waals surface area contributed by atoms with Crippen molar-refractivity contribution < 1.29 is 9.26 Å². The van der Waals surface area contributed by atoms with E-state index in [2.05, 4.69) is 20.4 Å². The lowest BCUT2D eigenvalue weighted by Gasteiger charge is -2.09. The predicted octanol–water partition coefficient (Wildman–Crippen LogP) is 5.82. The molecule has 6 heteroatoms. The lowest BCUT2D eigenvalue weighted by atomic mass is 10.1.